The molecule has 0 aliphatic heterocycles. The highest BCUT2D eigenvalue weighted by Crippen LogP contribution is 2.61. The van der Waals surface area contributed by atoms with Gasteiger partial charge >= 0.3 is 0 Å². The number of carbonyl (C=O) groups excluding carboxylic acids is 1. The SMILES string of the molecule is CCn1c(CC23CC4CC(CC(C4)C2)C3)nnc1SCC(=O)Nc1nc(-c2ccccc2)cs1. The largest absolute Gasteiger partial charge is 0.306 e. The van der Waals surface area contributed by atoms with E-state index in [-0.39, 0.29) is 5.91 Å². The van der Waals surface area contributed by atoms with Crippen LogP contribution in [0.1, 0.15) is 51.3 Å². The molecule has 34 heavy (non-hydrogen) atoms. The van der Waals surface area contributed by atoms with Crippen molar-refractivity contribution in [3.05, 3.63) is 41.5 Å². The number of rotatable bonds is 8. The van der Waals surface area contributed by atoms with Crippen molar-refractivity contribution >= 4 is 34.1 Å². The molecule has 1 N–H and O–H groups in total. The van der Waals surface area contributed by atoms with Gasteiger partial charge in [0.1, 0.15) is 5.82 Å². The molecule has 6 nitrogen and oxygen atoms in total. The van der Waals surface area contributed by atoms with E-state index in [2.05, 4.69) is 32.0 Å². The van der Waals surface area contributed by atoms with Crippen LogP contribution in [-0.2, 0) is 17.8 Å². The molecule has 0 spiro atoms. The lowest BCUT2D eigenvalue weighted by molar-refractivity contribution is -0.113. The van der Waals surface area contributed by atoms with E-state index in [1.165, 1.54) is 61.6 Å². The van der Waals surface area contributed by atoms with Gasteiger partial charge in [-0.3, -0.25) is 4.79 Å². The molecule has 0 unspecified atom stereocenters. The fourth-order valence-electron chi connectivity index (χ4n) is 7.07. The van der Waals surface area contributed by atoms with Crippen molar-refractivity contribution in [2.45, 2.75) is 63.6 Å². The van der Waals surface area contributed by atoms with E-state index in [0.29, 0.717) is 16.3 Å². The second-order valence-electron chi connectivity index (χ2n) is 10.5. The van der Waals surface area contributed by atoms with E-state index in [9.17, 15) is 4.79 Å². The quantitative estimate of drug-likeness (QED) is 0.395. The lowest BCUT2D eigenvalue weighted by atomic mass is 9.49. The van der Waals surface area contributed by atoms with Crippen molar-refractivity contribution in [3.63, 3.8) is 0 Å². The minimum Gasteiger partial charge on any atom is -0.306 e. The summed E-state index contributed by atoms with van der Waals surface area (Å²) in [5, 5.41) is 15.5. The van der Waals surface area contributed by atoms with Crippen molar-refractivity contribution in [2.24, 2.45) is 23.2 Å². The third-order valence-corrected chi connectivity index (χ3v) is 9.68. The summed E-state index contributed by atoms with van der Waals surface area (Å²) in [6.45, 7) is 2.99. The molecule has 7 rings (SSSR count). The van der Waals surface area contributed by atoms with Crippen molar-refractivity contribution in [1.29, 1.82) is 0 Å². The molecule has 178 valence electrons. The number of nitrogens with one attached hydrogen (secondary N) is 1. The number of nitrogens with zero attached hydrogens (tertiary/aromatic N) is 4. The zero-order valence-corrected chi connectivity index (χ0v) is 21.2. The van der Waals surface area contributed by atoms with Crippen LogP contribution in [0.4, 0.5) is 5.13 Å². The first-order valence-electron chi connectivity index (χ1n) is 12.4. The summed E-state index contributed by atoms with van der Waals surface area (Å²) in [5.41, 5.74) is 2.37. The molecule has 2 aromatic heterocycles. The third kappa shape index (κ3) is 4.42. The van der Waals surface area contributed by atoms with Gasteiger partial charge in [0.2, 0.25) is 5.91 Å². The first kappa shape index (κ1) is 22.3. The molecule has 1 aromatic carbocycles. The number of aromatic nitrogens is 4. The van der Waals surface area contributed by atoms with Crippen molar-refractivity contribution in [3.8, 4) is 11.3 Å². The third-order valence-electron chi connectivity index (χ3n) is 7.96. The molecule has 4 saturated carbocycles. The van der Waals surface area contributed by atoms with Gasteiger partial charge in [0.25, 0.3) is 0 Å². The highest BCUT2D eigenvalue weighted by molar-refractivity contribution is 7.99. The van der Waals surface area contributed by atoms with E-state index in [0.717, 1.165) is 53.0 Å². The Hall–Kier alpha value is -2.19. The van der Waals surface area contributed by atoms with Gasteiger partial charge in [0, 0.05) is 23.9 Å². The highest BCUT2D eigenvalue weighted by Gasteiger charge is 2.51. The van der Waals surface area contributed by atoms with Crippen LogP contribution in [-0.4, -0.2) is 31.4 Å². The Morgan fingerprint density at radius 1 is 1.12 bits per heavy atom. The number of hydrogen-bond acceptors (Lipinski definition) is 6. The van der Waals surface area contributed by atoms with Crippen LogP contribution in [0.3, 0.4) is 0 Å². The van der Waals surface area contributed by atoms with Gasteiger partial charge in [-0.15, -0.1) is 21.5 Å². The standard InChI is InChI=1S/C26H31N5OS2/c1-2-31-22(14-26-11-17-8-18(12-26)10-19(9-17)13-26)29-30-25(31)34-16-23(32)28-24-27-21(15-33-24)20-6-4-3-5-7-20/h3-7,15,17-19H,2,8-14,16H2,1H3,(H,27,28,32). The molecule has 4 aliphatic rings. The van der Waals surface area contributed by atoms with Gasteiger partial charge in [-0.05, 0) is 68.6 Å². The smallest absolute Gasteiger partial charge is 0.236 e. The van der Waals surface area contributed by atoms with E-state index < -0.39 is 0 Å². The number of benzene rings is 1. The van der Waals surface area contributed by atoms with Crippen LogP contribution >= 0.6 is 23.1 Å². The minimum atomic E-state index is -0.0627. The van der Waals surface area contributed by atoms with Crippen molar-refractivity contribution in [2.75, 3.05) is 11.1 Å². The van der Waals surface area contributed by atoms with Gasteiger partial charge in [-0.1, -0.05) is 42.1 Å². The number of amides is 1. The fraction of sp³-hybridized carbons (Fsp3) is 0.538. The van der Waals surface area contributed by atoms with Gasteiger partial charge in [-0.2, -0.15) is 0 Å². The van der Waals surface area contributed by atoms with Crippen LogP contribution in [0.15, 0.2) is 40.9 Å². The zero-order chi connectivity index (χ0) is 23.1. The van der Waals surface area contributed by atoms with Crippen molar-refractivity contribution in [1.82, 2.24) is 19.7 Å². The number of hydrogen-bond donors (Lipinski definition) is 1. The molecule has 3 aromatic rings. The second-order valence-corrected chi connectivity index (χ2v) is 12.3. The Bertz CT molecular complexity index is 1140. The summed E-state index contributed by atoms with van der Waals surface area (Å²) in [6.07, 6.45) is 9.55. The maximum absolute atomic E-state index is 12.6. The summed E-state index contributed by atoms with van der Waals surface area (Å²) in [4.78, 5) is 17.2. The lowest BCUT2D eigenvalue weighted by Crippen LogP contribution is -2.47. The summed E-state index contributed by atoms with van der Waals surface area (Å²) in [5.74, 6) is 4.17. The van der Waals surface area contributed by atoms with Gasteiger partial charge < -0.3 is 9.88 Å². The second kappa shape index (κ2) is 9.11. The summed E-state index contributed by atoms with van der Waals surface area (Å²) >= 11 is 2.92. The highest BCUT2D eigenvalue weighted by atomic mass is 32.2. The molecule has 2 heterocycles. The van der Waals surface area contributed by atoms with Crippen LogP contribution in [0.5, 0.6) is 0 Å². The van der Waals surface area contributed by atoms with Crippen molar-refractivity contribution < 1.29 is 4.79 Å². The molecule has 0 saturated heterocycles. The van der Waals surface area contributed by atoms with Gasteiger partial charge in [0.05, 0.1) is 11.4 Å². The maximum Gasteiger partial charge on any atom is 0.236 e. The van der Waals surface area contributed by atoms with E-state index in [4.69, 9.17) is 0 Å². The van der Waals surface area contributed by atoms with E-state index in [1.807, 2.05) is 35.7 Å². The van der Waals surface area contributed by atoms with Gasteiger partial charge in [0.15, 0.2) is 10.3 Å². The summed E-state index contributed by atoms with van der Waals surface area (Å²) < 4.78 is 2.23. The summed E-state index contributed by atoms with van der Waals surface area (Å²) in [6, 6.07) is 10.0. The number of thiazole rings is 1. The Morgan fingerprint density at radius 2 is 1.82 bits per heavy atom. The number of anilines is 1. The average Bonchev–Trinajstić information content (AvgIpc) is 3.43. The minimum absolute atomic E-state index is 0.0627. The van der Waals surface area contributed by atoms with E-state index in [1.54, 1.807) is 0 Å². The molecular formula is C26H31N5OS2. The maximum atomic E-state index is 12.6. The predicted molar refractivity (Wildman–Crippen MR) is 137 cm³/mol. The summed E-state index contributed by atoms with van der Waals surface area (Å²) in [7, 11) is 0. The Balaban J connectivity index is 1.08. The normalized spacial score (nSPS) is 27.3. The Morgan fingerprint density at radius 3 is 2.50 bits per heavy atom. The topological polar surface area (TPSA) is 72.7 Å². The van der Waals surface area contributed by atoms with Gasteiger partial charge in [-0.25, -0.2) is 4.98 Å². The number of thioether (sulfide) groups is 1. The fourth-order valence-corrected chi connectivity index (χ4v) is 8.63. The first-order valence-corrected chi connectivity index (χ1v) is 14.3. The molecule has 0 atom stereocenters. The zero-order valence-electron chi connectivity index (χ0n) is 19.6. The Kier molecular flexibility index (Phi) is 5.97. The van der Waals surface area contributed by atoms with Crippen LogP contribution in [0, 0.1) is 23.2 Å². The van der Waals surface area contributed by atoms with E-state index >= 15 is 0 Å². The molecular weight excluding hydrogens is 462 g/mol. The lowest BCUT2D eigenvalue weighted by Gasteiger charge is -2.56. The molecule has 4 bridgehead atoms. The van der Waals surface area contributed by atoms with Crippen LogP contribution in [0.2, 0.25) is 0 Å². The van der Waals surface area contributed by atoms with Crippen LogP contribution in [0.25, 0.3) is 11.3 Å². The van der Waals surface area contributed by atoms with Crippen LogP contribution < -0.4 is 5.32 Å². The molecule has 8 heteroatoms. The number of carbonyl (C=O) groups is 1. The monoisotopic (exact) mass is 493 g/mol. The average molecular weight is 494 g/mol. The molecule has 4 aliphatic carbocycles. The predicted octanol–water partition coefficient (Wildman–Crippen LogP) is 5.91. The molecule has 0 radical (unpaired) electrons. The first-order chi connectivity index (χ1) is 16.6. The molecule has 4 fully saturated rings. The Labute approximate surface area is 209 Å². The molecule has 1 amide bonds.